The molecular formula is C24H28N4O2. The lowest BCUT2D eigenvalue weighted by Crippen LogP contribution is -2.34. The molecule has 0 radical (unpaired) electrons. The van der Waals surface area contributed by atoms with Crippen LogP contribution in [0.15, 0.2) is 54.6 Å². The maximum atomic E-state index is 13.2. The third-order valence-electron chi connectivity index (χ3n) is 5.54. The van der Waals surface area contributed by atoms with Gasteiger partial charge in [0.15, 0.2) is 0 Å². The number of hydrogen-bond donors (Lipinski definition) is 1. The average Bonchev–Trinajstić information content (AvgIpc) is 3.56. The fourth-order valence-electron chi connectivity index (χ4n) is 3.77. The highest BCUT2D eigenvalue weighted by atomic mass is 16.2. The minimum Gasteiger partial charge on any atom is -0.356 e. The number of amides is 2. The molecule has 1 fully saturated rings. The zero-order chi connectivity index (χ0) is 20.9. The number of carbonyl (C=O) groups excluding carboxylic acids is 2. The Morgan fingerprint density at radius 2 is 1.83 bits per heavy atom. The zero-order valence-electron chi connectivity index (χ0n) is 17.4. The molecule has 1 N–H and O–H groups in total. The molecule has 30 heavy (non-hydrogen) atoms. The van der Waals surface area contributed by atoms with Gasteiger partial charge in [0.1, 0.15) is 12.4 Å². The number of likely N-dealkylation sites (N-methyl/N-ethyl adjacent to an activating group) is 1. The molecule has 4 rings (SSSR count). The molecule has 0 unspecified atom stereocenters. The maximum absolute atomic E-state index is 13.2. The second kappa shape index (κ2) is 9.11. The van der Waals surface area contributed by atoms with Gasteiger partial charge in [0.2, 0.25) is 11.8 Å². The number of benzene rings is 2. The van der Waals surface area contributed by atoms with Gasteiger partial charge < -0.3 is 14.8 Å². The third kappa shape index (κ3) is 4.53. The number of nitrogens with zero attached hydrogens (tertiary/aromatic N) is 3. The lowest BCUT2D eigenvalue weighted by molar-refractivity contribution is -0.122. The van der Waals surface area contributed by atoms with Crippen LogP contribution in [-0.4, -0.2) is 34.5 Å². The van der Waals surface area contributed by atoms with Crippen LogP contribution in [0.1, 0.15) is 32.0 Å². The molecule has 1 aliphatic rings. The minimum atomic E-state index is 0.0372. The van der Waals surface area contributed by atoms with Gasteiger partial charge in [-0.3, -0.25) is 9.59 Å². The van der Waals surface area contributed by atoms with Gasteiger partial charge in [-0.25, -0.2) is 4.98 Å². The van der Waals surface area contributed by atoms with Crippen LogP contribution in [0.25, 0.3) is 11.0 Å². The maximum Gasteiger partial charge on any atom is 0.246 e. The van der Waals surface area contributed by atoms with Crippen molar-refractivity contribution in [3.05, 3.63) is 60.4 Å². The van der Waals surface area contributed by atoms with Crippen LogP contribution >= 0.6 is 0 Å². The molecule has 1 aliphatic carbocycles. The SMILES string of the molecule is CCN(C(=O)Cn1c(CCCNC(=O)C2CC2)nc2ccccc21)c1ccccc1. The van der Waals surface area contributed by atoms with E-state index in [-0.39, 0.29) is 24.3 Å². The zero-order valence-corrected chi connectivity index (χ0v) is 17.4. The van der Waals surface area contributed by atoms with Crippen molar-refractivity contribution in [1.29, 1.82) is 0 Å². The molecule has 3 aromatic rings. The number of fused-ring (bicyclic) bond motifs is 1. The number of nitrogens with one attached hydrogen (secondary N) is 1. The molecule has 6 nitrogen and oxygen atoms in total. The summed E-state index contributed by atoms with van der Waals surface area (Å²) in [6, 6.07) is 17.7. The van der Waals surface area contributed by atoms with E-state index in [0.29, 0.717) is 19.5 Å². The van der Waals surface area contributed by atoms with Crippen LogP contribution in [0.5, 0.6) is 0 Å². The number of anilines is 1. The summed E-state index contributed by atoms with van der Waals surface area (Å²) in [5.41, 5.74) is 2.76. The number of hydrogen-bond acceptors (Lipinski definition) is 3. The van der Waals surface area contributed by atoms with E-state index >= 15 is 0 Å². The summed E-state index contributed by atoms with van der Waals surface area (Å²) in [4.78, 5) is 31.6. The normalized spacial score (nSPS) is 13.4. The lowest BCUT2D eigenvalue weighted by atomic mass is 10.2. The number of carbonyl (C=O) groups is 2. The number of para-hydroxylation sites is 3. The van der Waals surface area contributed by atoms with Crippen LogP contribution in [0.3, 0.4) is 0 Å². The van der Waals surface area contributed by atoms with Crippen LogP contribution < -0.4 is 10.2 Å². The molecule has 0 atom stereocenters. The molecule has 156 valence electrons. The van der Waals surface area contributed by atoms with E-state index in [9.17, 15) is 9.59 Å². The van der Waals surface area contributed by atoms with Crippen molar-refractivity contribution in [2.45, 2.75) is 39.2 Å². The standard InChI is InChI=1S/C24H28N4O2/c1-2-27(19-9-4-3-5-10-19)23(29)17-28-21-12-7-6-11-20(21)26-22(28)13-8-16-25-24(30)18-14-15-18/h3-7,9-12,18H,2,8,13-17H2,1H3,(H,25,30). The molecule has 1 saturated carbocycles. The quantitative estimate of drug-likeness (QED) is 0.555. The van der Waals surface area contributed by atoms with E-state index in [4.69, 9.17) is 4.98 Å². The Bertz CT molecular complexity index is 1020. The molecule has 1 aromatic heterocycles. The van der Waals surface area contributed by atoms with E-state index in [0.717, 1.165) is 41.8 Å². The Morgan fingerprint density at radius 3 is 2.57 bits per heavy atom. The number of aryl methyl sites for hydroxylation is 1. The highest BCUT2D eigenvalue weighted by Gasteiger charge is 2.29. The van der Waals surface area contributed by atoms with E-state index in [1.807, 2.05) is 66.1 Å². The largest absolute Gasteiger partial charge is 0.356 e. The number of rotatable bonds is 9. The Balaban J connectivity index is 1.49. The summed E-state index contributed by atoms with van der Waals surface area (Å²) >= 11 is 0. The van der Waals surface area contributed by atoms with Gasteiger partial charge in [-0.15, -0.1) is 0 Å². The van der Waals surface area contributed by atoms with Gasteiger partial charge in [-0.1, -0.05) is 30.3 Å². The molecule has 0 saturated heterocycles. The summed E-state index contributed by atoms with van der Waals surface area (Å²) in [5.74, 6) is 1.31. The second-order valence-electron chi connectivity index (χ2n) is 7.75. The number of aromatic nitrogens is 2. The summed E-state index contributed by atoms with van der Waals surface area (Å²) in [5, 5.41) is 3.01. The highest BCUT2D eigenvalue weighted by Crippen LogP contribution is 2.28. The van der Waals surface area contributed by atoms with Crippen molar-refractivity contribution in [3.63, 3.8) is 0 Å². The Morgan fingerprint density at radius 1 is 1.10 bits per heavy atom. The Kier molecular flexibility index (Phi) is 6.12. The van der Waals surface area contributed by atoms with Crippen LogP contribution in [0.4, 0.5) is 5.69 Å². The molecule has 1 heterocycles. The highest BCUT2D eigenvalue weighted by molar-refractivity contribution is 5.94. The van der Waals surface area contributed by atoms with E-state index in [1.54, 1.807) is 4.90 Å². The smallest absolute Gasteiger partial charge is 0.246 e. The lowest BCUT2D eigenvalue weighted by Gasteiger charge is -2.22. The Labute approximate surface area is 176 Å². The van der Waals surface area contributed by atoms with Gasteiger partial charge in [-0.2, -0.15) is 0 Å². The molecule has 0 aliphatic heterocycles. The van der Waals surface area contributed by atoms with Crippen molar-refractivity contribution >= 4 is 28.5 Å². The van der Waals surface area contributed by atoms with Gasteiger partial charge >= 0.3 is 0 Å². The predicted molar refractivity (Wildman–Crippen MR) is 118 cm³/mol. The van der Waals surface area contributed by atoms with Crippen LogP contribution in [0, 0.1) is 5.92 Å². The molecular weight excluding hydrogens is 376 g/mol. The van der Waals surface area contributed by atoms with Crippen molar-refractivity contribution < 1.29 is 9.59 Å². The molecule has 0 bridgehead atoms. The van der Waals surface area contributed by atoms with E-state index in [1.165, 1.54) is 0 Å². The fraction of sp³-hybridized carbons (Fsp3) is 0.375. The van der Waals surface area contributed by atoms with Crippen molar-refractivity contribution in [2.75, 3.05) is 18.0 Å². The fourth-order valence-corrected chi connectivity index (χ4v) is 3.77. The first-order valence-corrected chi connectivity index (χ1v) is 10.7. The molecule has 0 spiro atoms. The van der Waals surface area contributed by atoms with Crippen LogP contribution in [-0.2, 0) is 22.6 Å². The summed E-state index contributed by atoms with van der Waals surface area (Å²) in [6.07, 6.45) is 3.54. The molecule has 2 aromatic carbocycles. The molecule has 2 amide bonds. The Hall–Kier alpha value is -3.15. The van der Waals surface area contributed by atoms with Gasteiger partial charge in [0.05, 0.1) is 11.0 Å². The van der Waals surface area contributed by atoms with Crippen molar-refractivity contribution in [1.82, 2.24) is 14.9 Å². The van der Waals surface area contributed by atoms with Gasteiger partial charge in [-0.05, 0) is 50.5 Å². The van der Waals surface area contributed by atoms with Gasteiger partial charge in [0.25, 0.3) is 0 Å². The first-order valence-electron chi connectivity index (χ1n) is 10.7. The number of imidazole rings is 1. The van der Waals surface area contributed by atoms with Crippen molar-refractivity contribution in [2.24, 2.45) is 5.92 Å². The second-order valence-corrected chi connectivity index (χ2v) is 7.75. The first-order chi connectivity index (χ1) is 14.7. The topological polar surface area (TPSA) is 67.2 Å². The van der Waals surface area contributed by atoms with E-state index in [2.05, 4.69) is 5.32 Å². The minimum absolute atomic E-state index is 0.0372. The van der Waals surface area contributed by atoms with Crippen LogP contribution in [0.2, 0.25) is 0 Å². The predicted octanol–water partition coefficient (Wildman–Crippen LogP) is 3.55. The van der Waals surface area contributed by atoms with Crippen molar-refractivity contribution in [3.8, 4) is 0 Å². The summed E-state index contributed by atoms with van der Waals surface area (Å²) in [7, 11) is 0. The average molecular weight is 405 g/mol. The summed E-state index contributed by atoms with van der Waals surface area (Å²) < 4.78 is 2.02. The third-order valence-corrected chi connectivity index (χ3v) is 5.54. The molecule has 6 heteroatoms. The van der Waals surface area contributed by atoms with Gasteiger partial charge in [0, 0.05) is 31.1 Å². The first kappa shape index (κ1) is 20.1. The van der Waals surface area contributed by atoms with E-state index < -0.39 is 0 Å². The monoisotopic (exact) mass is 404 g/mol. The summed E-state index contributed by atoms with van der Waals surface area (Å²) in [6.45, 7) is 3.48.